The van der Waals surface area contributed by atoms with Gasteiger partial charge in [0.1, 0.15) is 5.78 Å². The van der Waals surface area contributed by atoms with E-state index in [-0.39, 0.29) is 6.10 Å². The molecule has 3 nitrogen and oxygen atoms in total. The Morgan fingerprint density at radius 1 is 1.26 bits per heavy atom. The Morgan fingerprint density at radius 2 is 1.96 bits per heavy atom. The van der Waals surface area contributed by atoms with E-state index in [1.807, 2.05) is 13.8 Å². The van der Waals surface area contributed by atoms with E-state index >= 15 is 0 Å². The zero-order valence-electron chi connectivity index (χ0n) is 15.5. The summed E-state index contributed by atoms with van der Waals surface area (Å²) in [6.07, 6.45) is 7.64. The molecule has 5 atom stereocenters. The van der Waals surface area contributed by atoms with Gasteiger partial charge in [0.2, 0.25) is 0 Å². The molecule has 23 heavy (non-hydrogen) atoms. The number of hydrogen-bond donors (Lipinski definition) is 1. The Morgan fingerprint density at radius 3 is 2.61 bits per heavy atom. The van der Waals surface area contributed by atoms with E-state index in [1.165, 1.54) is 0 Å². The van der Waals surface area contributed by atoms with E-state index in [0.29, 0.717) is 29.5 Å². The maximum atomic E-state index is 12.2. The fraction of sp³-hybridized carbons (Fsp3) is 0.950. The van der Waals surface area contributed by atoms with Crippen LogP contribution in [0.4, 0.5) is 0 Å². The topological polar surface area (TPSA) is 46.5 Å². The second kappa shape index (κ2) is 8.11. The maximum Gasteiger partial charge on any atom is 0.136 e. The Kier molecular flexibility index (Phi) is 6.67. The molecule has 4 unspecified atom stereocenters. The number of aliphatic hydroxyl groups is 1. The summed E-state index contributed by atoms with van der Waals surface area (Å²) in [4.78, 5) is 12.2. The number of ether oxygens (including phenoxy) is 1. The van der Waals surface area contributed by atoms with Crippen LogP contribution in [0, 0.1) is 23.7 Å². The van der Waals surface area contributed by atoms with E-state index in [1.54, 1.807) is 0 Å². The number of carbonyl (C=O) groups is 1. The lowest BCUT2D eigenvalue weighted by Crippen LogP contribution is -2.37. The molecule has 1 N–H and O–H groups in total. The smallest absolute Gasteiger partial charge is 0.136 e. The van der Waals surface area contributed by atoms with Crippen molar-refractivity contribution in [2.75, 3.05) is 6.61 Å². The summed E-state index contributed by atoms with van der Waals surface area (Å²) < 4.78 is 6.12. The van der Waals surface area contributed by atoms with E-state index in [2.05, 4.69) is 13.8 Å². The van der Waals surface area contributed by atoms with Crippen molar-refractivity contribution in [3.05, 3.63) is 0 Å². The van der Waals surface area contributed by atoms with Gasteiger partial charge in [-0.1, -0.05) is 20.8 Å². The van der Waals surface area contributed by atoms with Crippen molar-refractivity contribution >= 4 is 5.78 Å². The number of hydrogen-bond acceptors (Lipinski definition) is 3. The molecule has 0 aromatic heterocycles. The SMILES string of the molecule is CCC(O)(CC)CCCOC(C)C1CCC2C(=O)CC[C@H](C)C21. The molecule has 2 aliphatic carbocycles. The monoisotopic (exact) mass is 324 g/mol. The minimum absolute atomic E-state index is 0.231. The Balaban J connectivity index is 1.80. The van der Waals surface area contributed by atoms with Gasteiger partial charge in [0.25, 0.3) is 0 Å². The highest BCUT2D eigenvalue weighted by Gasteiger charge is 2.47. The van der Waals surface area contributed by atoms with E-state index in [4.69, 9.17) is 4.74 Å². The summed E-state index contributed by atoms with van der Waals surface area (Å²) in [6, 6.07) is 0. The molecule has 3 heteroatoms. The molecule has 2 aliphatic rings. The minimum atomic E-state index is -0.518. The molecule has 2 rings (SSSR count). The lowest BCUT2D eigenvalue weighted by atomic mass is 9.70. The Bertz CT molecular complexity index is 388. The fourth-order valence-corrected chi connectivity index (χ4v) is 4.94. The van der Waals surface area contributed by atoms with Gasteiger partial charge in [-0.2, -0.15) is 0 Å². The largest absolute Gasteiger partial charge is 0.390 e. The van der Waals surface area contributed by atoms with Crippen LogP contribution in [0.1, 0.15) is 79.1 Å². The first-order valence-electron chi connectivity index (χ1n) is 9.78. The van der Waals surface area contributed by atoms with E-state index in [9.17, 15) is 9.90 Å². The first-order valence-corrected chi connectivity index (χ1v) is 9.78. The van der Waals surface area contributed by atoms with Crippen molar-refractivity contribution < 1.29 is 14.6 Å². The highest BCUT2D eigenvalue weighted by molar-refractivity contribution is 5.82. The summed E-state index contributed by atoms with van der Waals surface area (Å²) in [5.74, 6) is 2.53. The van der Waals surface area contributed by atoms with Crippen LogP contribution >= 0.6 is 0 Å². The standard InChI is InChI=1S/C20H36O3/c1-5-20(22,6-2)12-7-13-23-15(4)16-9-10-17-18(21)11-8-14(3)19(16)17/h14-17,19,22H,5-13H2,1-4H3/t14-,15?,16?,17?,19?/m0/s1. The van der Waals surface area contributed by atoms with Gasteiger partial charge in [-0.3, -0.25) is 4.79 Å². The van der Waals surface area contributed by atoms with Gasteiger partial charge < -0.3 is 9.84 Å². The first-order chi connectivity index (χ1) is 10.9. The number of fused-ring (bicyclic) bond motifs is 1. The predicted octanol–water partition coefficient (Wildman–Crippen LogP) is 4.36. The minimum Gasteiger partial charge on any atom is -0.390 e. The van der Waals surface area contributed by atoms with E-state index < -0.39 is 5.60 Å². The van der Waals surface area contributed by atoms with Gasteiger partial charge >= 0.3 is 0 Å². The second-order valence-electron chi connectivity index (χ2n) is 8.02. The zero-order chi connectivity index (χ0) is 17.0. The highest BCUT2D eigenvalue weighted by atomic mass is 16.5. The van der Waals surface area contributed by atoms with Crippen LogP contribution in [-0.4, -0.2) is 29.2 Å². The summed E-state index contributed by atoms with van der Waals surface area (Å²) in [6.45, 7) is 9.32. The third-order valence-corrected chi connectivity index (χ3v) is 6.77. The molecular formula is C20H36O3. The summed E-state index contributed by atoms with van der Waals surface area (Å²) in [7, 11) is 0. The Hall–Kier alpha value is -0.410. The van der Waals surface area contributed by atoms with Crippen LogP contribution in [0.2, 0.25) is 0 Å². The van der Waals surface area contributed by atoms with Crippen molar-refractivity contribution in [2.45, 2.75) is 90.8 Å². The lowest BCUT2D eigenvalue weighted by molar-refractivity contribution is -0.128. The number of carbonyl (C=O) groups excluding carboxylic acids is 1. The molecule has 2 fully saturated rings. The molecule has 134 valence electrons. The number of rotatable bonds is 8. The molecule has 0 aromatic rings. The maximum absolute atomic E-state index is 12.2. The average molecular weight is 325 g/mol. The lowest BCUT2D eigenvalue weighted by Gasteiger charge is -2.36. The van der Waals surface area contributed by atoms with Gasteiger partial charge in [-0.05, 0) is 69.6 Å². The highest BCUT2D eigenvalue weighted by Crippen LogP contribution is 2.48. The van der Waals surface area contributed by atoms with E-state index in [0.717, 1.165) is 58.0 Å². The molecule has 0 bridgehead atoms. The van der Waals surface area contributed by atoms with Crippen molar-refractivity contribution in [2.24, 2.45) is 23.7 Å². The normalized spacial score (nSPS) is 32.8. The molecule has 0 heterocycles. The molecule has 0 radical (unpaired) electrons. The van der Waals surface area contributed by atoms with Crippen LogP contribution in [0.15, 0.2) is 0 Å². The molecular weight excluding hydrogens is 288 g/mol. The van der Waals surface area contributed by atoms with Gasteiger partial charge in [0, 0.05) is 18.9 Å². The summed E-state index contributed by atoms with van der Waals surface area (Å²) in [5.41, 5.74) is -0.518. The van der Waals surface area contributed by atoms with Crippen LogP contribution in [0.3, 0.4) is 0 Å². The molecule has 0 aromatic carbocycles. The molecule has 0 amide bonds. The summed E-state index contributed by atoms with van der Waals surface area (Å²) >= 11 is 0. The van der Waals surface area contributed by atoms with Crippen molar-refractivity contribution in [3.8, 4) is 0 Å². The molecule has 2 saturated carbocycles. The number of Topliss-reactive ketones (excluding diaryl/α,β-unsaturated/α-hetero) is 1. The van der Waals surface area contributed by atoms with Crippen LogP contribution in [0.5, 0.6) is 0 Å². The number of ketones is 1. The third-order valence-electron chi connectivity index (χ3n) is 6.77. The molecule has 0 saturated heterocycles. The average Bonchev–Trinajstić information content (AvgIpc) is 3.01. The molecule has 0 spiro atoms. The Labute approximate surface area is 142 Å². The second-order valence-corrected chi connectivity index (χ2v) is 8.02. The van der Waals surface area contributed by atoms with Gasteiger partial charge in [0.05, 0.1) is 11.7 Å². The predicted molar refractivity (Wildman–Crippen MR) is 93.3 cm³/mol. The van der Waals surface area contributed by atoms with Gasteiger partial charge in [-0.25, -0.2) is 0 Å². The molecule has 0 aliphatic heterocycles. The summed E-state index contributed by atoms with van der Waals surface area (Å²) in [5, 5.41) is 10.3. The van der Waals surface area contributed by atoms with Crippen molar-refractivity contribution in [1.82, 2.24) is 0 Å². The van der Waals surface area contributed by atoms with Crippen molar-refractivity contribution in [3.63, 3.8) is 0 Å². The quantitative estimate of drug-likeness (QED) is 0.675. The van der Waals surface area contributed by atoms with Crippen molar-refractivity contribution in [1.29, 1.82) is 0 Å². The van der Waals surface area contributed by atoms with Gasteiger partial charge in [0.15, 0.2) is 0 Å². The fourth-order valence-electron chi connectivity index (χ4n) is 4.94. The van der Waals surface area contributed by atoms with Gasteiger partial charge in [-0.15, -0.1) is 0 Å². The van der Waals surface area contributed by atoms with Crippen LogP contribution in [-0.2, 0) is 9.53 Å². The first kappa shape index (κ1) is 18.9. The third kappa shape index (κ3) is 4.36. The van der Waals surface area contributed by atoms with Crippen LogP contribution < -0.4 is 0 Å². The van der Waals surface area contributed by atoms with Crippen LogP contribution in [0.25, 0.3) is 0 Å². The zero-order valence-corrected chi connectivity index (χ0v) is 15.5.